The highest BCUT2D eigenvalue weighted by Gasteiger charge is 2.19. The minimum absolute atomic E-state index is 0.169. The average Bonchev–Trinajstić information content (AvgIpc) is 2.29. The minimum atomic E-state index is -3.50. The van der Waals surface area contributed by atoms with Crippen molar-refractivity contribution in [3.8, 4) is 5.75 Å². The monoisotopic (exact) mass is 321 g/mol. The molecule has 0 saturated carbocycles. The molecule has 1 aromatic carbocycles. The first-order chi connectivity index (χ1) is 8.01. The lowest BCUT2D eigenvalue weighted by molar-refractivity contribution is 0.331. The molecule has 0 aliphatic heterocycles. The summed E-state index contributed by atoms with van der Waals surface area (Å²) in [6, 6.07) is 4.95. The molecule has 0 amide bonds. The molecule has 0 aliphatic rings. The van der Waals surface area contributed by atoms with Gasteiger partial charge in [0.2, 0.25) is 10.0 Å². The Bertz CT molecular complexity index is 474. The summed E-state index contributed by atoms with van der Waals surface area (Å²) in [5.74, 6) is 0.374. The second-order valence-electron chi connectivity index (χ2n) is 3.42. The zero-order chi connectivity index (χ0) is 12.9. The highest BCUT2D eigenvalue weighted by molar-refractivity contribution is 9.10. The molecule has 4 nitrogen and oxygen atoms in total. The molecule has 0 saturated heterocycles. The SMILES string of the molecule is CCCNS(=O)(=O)c1cc(Br)ccc1OCC. The van der Waals surface area contributed by atoms with E-state index in [0.717, 1.165) is 6.42 Å². The molecule has 17 heavy (non-hydrogen) atoms. The molecule has 0 unspecified atom stereocenters. The summed E-state index contributed by atoms with van der Waals surface area (Å²) < 4.78 is 32.6. The van der Waals surface area contributed by atoms with Crippen molar-refractivity contribution in [2.24, 2.45) is 0 Å². The Balaban J connectivity index is 3.13. The summed E-state index contributed by atoms with van der Waals surface area (Å²) in [6.45, 7) is 4.57. The zero-order valence-corrected chi connectivity index (χ0v) is 12.3. The van der Waals surface area contributed by atoms with Crippen molar-refractivity contribution < 1.29 is 13.2 Å². The van der Waals surface area contributed by atoms with Crippen molar-refractivity contribution >= 4 is 26.0 Å². The van der Waals surface area contributed by atoms with Crippen LogP contribution in [0.2, 0.25) is 0 Å². The number of halogens is 1. The standard InChI is InChI=1S/C11H16BrNO3S/c1-3-7-13-17(14,15)11-8-9(12)5-6-10(11)16-4-2/h5-6,8,13H,3-4,7H2,1-2H3. The first-order valence-corrected chi connectivity index (χ1v) is 7.71. The normalized spacial score (nSPS) is 11.5. The highest BCUT2D eigenvalue weighted by Crippen LogP contribution is 2.27. The van der Waals surface area contributed by atoms with Gasteiger partial charge in [0.15, 0.2) is 0 Å². The number of rotatable bonds is 6. The van der Waals surface area contributed by atoms with Gasteiger partial charge in [-0.05, 0) is 31.5 Å². The fourth-order valence-corrected chi connectivity index (χ4v) is 3.10. The highest BCUT2D eigenvalue weighted by atomic mass is 79.9. The van der Waals surface area contributed by atoms with Crippen molar-refractivity contribution in [3.63, 3.8) is 0 Å². The van der Waals surface area contributed by atoms with Gasteiger partial charge >= 0.3 is 0 Å². The van der Waals surface area contributed by atoms with Crippen molar-refractivity contribution in [1.82, 2.24) is 4.72 Å². The number of nitrogens with one attached hydrogen (secondary N) is 1. The van der Waals surface area contributed by atoms with Crippen LogP contribution in [0, 0.1) is 0 Å². The van der Waals surface area contributed by atoms with E-state index in [2.05, 4.69) is 20.7 Å². The summed E-state index contributed by atoms with van der Waals surface area (Å²) in [4.78, 5) is 0.169. The molecule has 0 atom stereocenters. The van der Waals surface area contributed by atoms with Crippen LogP contribution in [0.1, 0.15) is 20.3 Å². The first kappa shape index (κ1) is 14.5. The summed E-state index contributed by atoms with van der Waals surface area (Å²) >= 11 is 3.26. The molecule has 0 spiro atoms. The molecule has 1 aromatic rings. The Morgan fingerprint density at radius 3 is 2.65 bits per heavy atom. The third-order valence-corrected chi connectivity index (χ3v) is 4.01. The molecular weight excluding hydrogens is 306 g/mol. The predicted molar refractivity (Wildman–Crippen MR) is 70.8 cm³/mol. The topological polar surface area (TPSA) is 55.4 Å². The van der Waals surface area contributed by atoms with Crippen LogP contribution in [-0.4, -0.2) is 21.6 Å². The van der Waals surface area contributed by atoms with Crippen LogP contribution in [0.3, 0.4) is 0 Å². The molecule has 0 aliphatic carbocycles. The van der Waals surface area contributed by atoms with Crippen molar-refractivity contribution in [1.29, 1.82) is 0 Å². The van der Waals surface area contributed by atoms with Gasteiger partial charge in [0, 0.05) is 11.0 Å². The third-order valence-electron chi connectivity index (χ3n) is 2.04. The Morgan fingerprint density at radius 1 is 1.35 bits per heavy atom. The fraction of sp³-hybridized carbons (Fsp3) is 0.455. The Morgan fingerprint density at radius 2 is 2.06 bits per heavy atom. The molecule has 0 fully saturated rings. The second kappa shape index (κ2) is 6.37. The van der Waals surface area contributed by atoms with Crippen LogP contribution in [0.5, 0.6) is 5.75 Å². The molecule has 1 rings (SSSR count). The van der Waals surface area contributed by atoms with Crippen LogP contribution in [0.25, 0.3) is 0 Å². The van der Waals surface area contributed by atoms with E-state index in [1.807, 2.05) is 13.8 Å². The Labute approximate surface area is 111 Å². The number of hydrogen-bond acceptors (Lipinski definition) is 3. The maximum absolute atomic E-state index is 12.0. The van der Waals surface area contributed by atoms with E-state index >= 15 is 0 Å². The van der Waals surface area contributed by atoms with Gasteiger partial charge in [-0.25, -0.2) is 13.1 Å². The predicted octanol–water partition coefficient (Wildman–Crippen LogP) is 2.54. The van der Waals surface area contributed by atoms with Gasteiger partial charge in [-0.2, -0.15) is 0 Å². The van der Waals surface area contributed by atoms with Gasteiger partial charge < -0.3 is 4.74 Å². The van der Waals surface area contributed by atoms with Gasteiger partial charge in [-0.15, -0.1) is 0 Å². The molecule has 1 N–H and O–H groups in total. The van der Waals surface area contributed by atoms with Crippen molar-refractivity contribution in [2.45, 2.75) is 25.2 Å². The Kier molecular flexibility index (Phi) is 5.42. The molecule has 6 heteroatoms. The van der Waals surface area contributed by atoms with E-state index in [-0.39, 0.29) is 4.90 Å². The molecule has 0 aromatic heterocycles. The number of benzene rings is 1. The second-order valence-corrected chi connectivity index (χ2v) is 6.07. The Hall–Kier alpha value is -0.590. The first-order valence-electron chi connectivity index (χ1n) is 5.43. The van der Waals surface area contributed by atoms with Crippen molar-refractivity contribution in [3.05, 3.63) is 22.7 Å². The van der Waals surface area contributed by atoms with Crippen LogP contribution < -0.4 is 9.46 Å². The van der Waals surface area contributed by atoms with Crippen LogP contribution in [0.15, 0.2) is 27.6 Å². The number of hydrogen-bond donors (Lipinski definition) is 1. The summed E-state index contributed by atoms with van der Waals surface area (Å²) in [5, 5.41) is 0. The summed E-state index contributed by atoms with van der Waals surface area (Å²) in [6.07, 6.45) is 0.747. The fourth-order valence-electron chi connectivity index (χ4n) is 1.28. The van der Waals surface area contributed by atoms with E-state index in [4.69, 9.17) is 4.74 Å². The number of ether oxygens (including phenoxy) is 1. The zero-order valence-electron chi connectivity index (χ0n) is 9.86. The van der Waals surface area contributed by atoms with E-state index in [9.17, 15) is 8.42 Å². The maximum Gasteiger partial charge on any atom is 0.244 e. The van der Waals surface area contributed by atoms with E-state index in [1.165, 1.54) is 0 Å². The summed E-state index contributed by atoms with van der Waals surface area (Å²) in [5.41, 5.74) is 0. The van der Waals surface area contributed by atoms with E-state index < -0.39 is 10.0 Å². The minimum Gasteiger partial charge on any atom is -0.492 e. The molecule has 0 heterocycles. The lowest BCUT2D eigenvalue weighted by atomic mass is 10.3. The summed E-state index contributed by atoms with van der Waals surface area (Å²) in [7, 11) is -3.50. The van der Waals surface area contributed by atoms with Crippen LogP contribution in [-0.2, 0) is 10.0 Å². The third kappa shape index (κ3) is 3.97. The van der Waals surface area contributed by atoms with E-state index in [0.29, 0.717) is 23.4 Å². The largest absolute Gasteiger partial charge is 0.492 e. The van der Waals surface area contributed by atoms with Gasteiger partial charge in [-0.3, -0.25) is 0 Å². The smallest absolute Gasteiger partial charge is 0.244 e. The lowest BCUT2D eigenvalue weighted by Crippen LogP contribution is -2.25. The van der Waals surface area contributed by atoms with Gasteiger partial charge in [0.05, 0.1) is 6.61 Å². The molecule has 0 bridgehead atoms. The van der Waals surface area contributed by atoms with Crippen molar-refractivity contribution in [2.75, 3.05) is 13.2 Å². The molecule has 96 valence electrons. The van der Waals surface area contributed by atoms with E-state index in [1.54, 1.807) is 18.2 Å². The van der Waals surface area contributed by atoms with Crippen LogP contribution in [0.4, 0.5) is 0 Å². The van der Waals surface area contributed by atoms with Gasteiger partial charge in [0.25, 0.3) is 0 Å². The molecular formula is C11H16BrNO3S. The average molecular weight is 322 g/mol. The maximum atomic E-state index is 12.0. The molecule has 0 radical (unpaired) electrons. The quantitative estimate of drug-likeness (QED) is 0.876. The lowest BCUT2D eigenvalue weighted by Gasteiger charge is -2.11. The van der Waals surface area contributed by atoms with Gasteiger partial charge in [0.1, 0.15) is 10.6 Å². The van der Waals surface area contributed by atoms with Crippen LogP contribution >= 0.6 is 15.9 Å². The van der Waals surface area contributed by atoms with Gasteiger partial charge in [-0.1, -0.05) is 22.9 Å². The number of sulfonamides is 1.